The lowest BCUT2D eigenvalue weighted by Gasteiger charge is -2.22. The zero-order valence-corrected chi connectivity index (χ0v) is 16.0. The third-order valence-corrected chi connectivity index (χ3v) is 3.89. The van der Waals surface area contributed by atoms with E-state index in [4.69, 9.17) is 14.6 Å². The molecule has 0 spiro atoms. The molecule has 0 aliphatic carbocycles. The van der Waals surface area contributed by atoms with E-state index in [1.807, 2.05) is 24.3 Å². The monoisotopic (exact) mass is 371 g/mol. The number of carbonyl (C=O) groups is 2. The number of hydrogen-bond acceptors (Lipinski definition) is 4. The molecule has 6 heteroatoms. The van der Waals surface area contributed by atoms with Crippen molar-refractivity contribution in [3.05, 3.63) is 53.6 Å². The minimum atomic E-state index is -1.04. The molecule has 0 unspecified atom stereocenters. The number of hydrogen-bond donors (Lipinski definition) is 2. The average Bonchev–Trinajstić information content (AvgIpc) is 2.59. The number of carbonyl (C=O) groups excluding carboxylic acids is 1. The maximum absolute atomic E-state index is 12.3. The Hall–Kier alpha value is -3.02. The number of anilines is 1. The Bertz CT molecular complexity index is 824. The Morgan fingerprint density at radius 2 is 1.74 bits per heavy atom. The highest BCUT2D eigenvalue weighted by Crippen LogP contribution is 2.31. The number of carboxylic acid groups (broad SMARTS) is 1. The predicted molar refractivity (Wildman–Crippen MR) is 104 cm³/mol. The first-order valence-corrected chi connectivity index (χ1v) is 8.64. The summed E-state index contributed by atoms with van der Waals surface area (Å²) in [7, 11) is 0. The number of benzene rings is 2. The van der Waals surface area contributed by atoms with Crippen molar-refractivity contribution < 1.29 is 24.2 Å². The van der Waals surface area contributed by atoms with Gasteiger partial charge >= 0.3 is 5.97 Å². The SMILES string of the molecule is Cc1cc(OCC(=O)O)ccc1NC(=O)COc1ccccc1C(C)(C)C. The number of para-hydroxylation sites is 1. The molecule has 0 saturated carbocycles. The highest BCUT2D eigenvalue weighted by atomic mass is 16.5. The Kier molecular flexibility index (Phi) is 6.45. The number of aliphatic carboxylic acids is 1. The zero-order valence-electron chi connectivity index (χ0n) is 16.0. The fourth-order valence-electron chi connectivity index (χ4n) is 2.55. The average molecular weight is 371 g/mol. The van der Waals surface area contributed by atoms with E-state index >= 15 is 0 Å². The minimum absolute atomic E-state index is 0.0879. The normalized spacial score (nSPS) is 11.0. The van der Waals surface area contributed by atoms with Gasteiger partial charge in [-0.1, -0.05) is 39.0 Å². The van der Waals surface area contributed by atoms with Crippen molar-refractivity contribution in [2.45, 2.75) is 33.1 Å². The summed E-state index contributed by atoms with van der Waals surface area (Å²) in [6.07, 6.45) is 0. The molecule has 0 aromatic heterocycles. The van der Waals surface area contributed by atoms with Gasteiger partial charge in [0.2, 0.25) is 0 Å². The fourth-order valence-corrected chi connectivity index (χ4v) is 2.55. The molecule has 27 heavy (non-hydrogen) atoms. The van der Waals surface area contributed by atoms with Crippen molar-refractivity contribution in [1.82, 2.24) is 0 Å². The minimum Gasteiger partial charge on any atom is -0.483 e. The van der Waals surface area contributed by atoms with Gasteiger partial charge < -0.3 is 19.9 Å². The zero-order chi connectivity index (χ0) is 20.0. The molecular weight excluding hydrogens is 346 g/mol. The quantitative estimate of drug-likeness (QED) is 0.774. The largest absolute Gasteiger partial charge is 0.483 e. The number of aryl methyl sites for hydroxylation is 1. The van der Waals surface area contributed by atoms with Crippen LogP contribution >= 0.6 is 0 Å². The Morgan fingerprint density at radius 3 is 2.37 bits per heavy atom. The van der Waals surface area contributed by atoms with Crippen LogP contribution in [0.25, 0.3) is 0 Å². The Labute approximate surface area is 159 Å². The standard InChI is InChI=1S/C21H25NO5/c1-14-11-15(26-13-20(24)25)9-10-17(14)22-19(23)12-27-18-8-6-5-7-16(18)21(2,3)4/h5-11H,12-13H2,1-4H3,(H,22,23)(H,24,25). The third-order valence-electron chi connectivity index (χ3n) is 3.89. The molecule has 2 aromatic rings. The van der Waals surface area contributed by atoms with Crippen LogP contribution in [0.3, 0.4) is 0 Å². The smallest absolute Gasteiger partial charge is 0.341 e. The number of ether oxygens (including phenoxy) is 2. The maximum atomic E-state index is 12.3. The summed E-state index contributed by atoms with van der Waals surface area (Å²) < 4.78 is 10.8. The lowest BCUT2D eigenvalue weighted by molar-refractivity contribution is -0.139. The molecule has 2 N–H and O–H groups in total. The van der Waals surface area contributed by atoms with E-state index in [1.54, 1.807) is 25.1 Å². The molecule has 0 saturated heterocycles. The van der Waals surface area contributed by atoms with E-state index in [1.165, 1.54) is 0 Å². The van der Waals surface area contributed by atoms with Crippen molar-refractivity contribution in [2.75, 3.05) is 18.5 Å². The maximum Gasteiger partial charge on any atom is 0.341 e. The number of rotatable bonds is 7. The first-order valence-electron chi connectivity index (χ1n) is 8.64. The van der Waals surface area contributed by atoms with Crippen molar-refractivity contribution in [3.8, 4) is 11.5 Å². The van der Waals surface area contributed by atoms with Gasteiger partial charge in [0.1, 0.15) is 11.5 Å². The summed E-state index contributed by atoms with van der Waals surface area (Å²) >= 11 is 0. The van der Waals surface area contributed by atoms with E-state index in [2.05, 4.69) is 26.1 Å². The van der Waals surface area contributed by atoms with Gasteiger partial charge in [0.25, 0.3) is 5.91 Å². The molecule has 0 fully saturated rings. The van der Waals surface area contributed by atoms with Crippen LogP contribution in [0.15, 0.2) is 42.5 Å². The number of nitrogens with one attached hydrogen (secondary N) is 1. The van der Waals surface area contributed by atoms with Crippen molar-refractivity contribution in [3.63, 3.8) is 0 Å². The fraction of sp³-hybridized carbons (Fsp3) is 0.333. The third kappa shape index (κ3) is 6.02. The second-order valence-corrected chi connectivity index (χ2v) is 7.24. The molecule has 0 aliphatic rings. The molecule has 144 valence electrons. The van der Waals surface area contributed by atoms with Gasteiger partial charge in [-0.2, -0.15) is 0 Å². The summed E-state index contributed by atoms with van der Waals surface area (Å²) in [5.41, 5.74) is 2.33. The van der Waals surface area contributed by atoms with Gasteiger partial charge in [-0.05, 0) is 47.7 Å². The van der Waals surface area contributed by atoms with Gasteiger partial charge in [0.15, 0.2) is 13.2 Å². The summed E-state index contributed by atoms with van der Waals surface area (Å²) in [5, 5.41) is 11.4. The molecule has 0 bridgehead atoms. The van der Waals surface area contributed by atoms with Gasteiger partial charge in [0.05, 0.1) is 0 Å². The van der Waals surface area contributed by atoms with Crippen LogP contribution in [0.2, 0.25) is 0 Å². The predicted octanol–water partition coefficient (Wildman–Crippen LogP) is 3.77. The number of amides is 1. The van der Waals surface area contributed by atoms with Crippen molar-refractivity contribution in [2.24, 2.45) is 0 Å². The van der Waals surface area contributed by atoms with E-state index in [-0.39, 0.29) is 17.9 Å². The number of carboxylic acids is 1. The summed E-state index contributed by atoms with van der Waals surface area (Å²) in [6, 6.07) is 12.6. The topological polar surface area (TPSA) is 84.9 Å². The Morgan fingerprint density at radius 1 is 1.04 bits per heavy atom. The van der Waals surface area contributed by atoms with Gasteiger partial charge in [0, 0.05) is 5.69 Å². The van der Waals surface area contributed by atoms with Crippen LogP contribution in [-0.4, -0.2) is 30.2 Å². The Balaban J connectivity index is 1.98. The summed E-state index contributed by atoms with van der Waals surface area (Å²) in [5.74, 6) is -0.198. The summed E-state index contributed by atoms with van der Waals surface area (Å²) in [4.78, 5) is 22.8. The molecule has 0 aliphatic heterocycles. The van der Waals surface area contributed by atoms with Gasteiger partial charge in [-0.15, -0.1) is 0 Å². The van der Waals surface area contributed by atoms with Crippen LogP contribution in [0.5, 0.6) is 11.5 Å². The first kappa shape index (κ1) is 20.3. The second-order valence-electron chi connectivity index (χ2n) is 7.24. The van der Waals surface area contributed by atoms with Crippen LogP contribution in [0.1, 0.15) is 31.9 Å². The molecule has 2 aromatic carbocycles. The van der Waals surface area contributed by atoms with Gasteiger partial charge in [-0.3, -0.25) is 4.79 Å². The highest BCUT2D eigenvalue weighted by Gasteiger charge is 2.19. The highest BCUT2D eigenvalue weighted by molar-refractivity contribution is 5.92. The molecule has 1 amide bonds. The van der Waals surface area contributed by atoms with E-state index in [0.717, 1.165) is 11.1 Å². The van der Waals surface area contributed by atoms with Crippen molar-refractivity contribution >= 4 is 17.6 Å². The summed E-state index contributed by atoms with van der Waals surface area (Å²) in [6.45, 7) is 7.56. The van der Waals surface area contributed by atoms with E-state index in [0.29, 0.717) is 17.2 Å². The molecule has 0 heterocycles. The van der Waals surface area contributed by atoms with Crippen LogP contribution < -0.4 is 14.8 Å². The van der Waals surface area contributed by atoms with E-state index < -0.39 is 12.6 Å². The van der Waals surface area contributed by atoms with E-state index in [9.17, 15) is 9.59 Å². The van der Waals surface area contributed by atoms with Crippen LogP contribution in [0, 0.1) is 6.92 Å². The van der Waals surface area contributed by atoms with Crippen LogP contribution in [0.4, 0.5) is 5.69 Å². The van der Waals surface area contributed by atoms with Gasteiger partial charge in [-0.25, -0.2) is 4.79 Å². The first-order chi connectivity index (χ1) is 12.7. The molecular formula is C21H25NO5. The lowest BCUT2D eigenvalue weighted by Crippen LogP contribution is -2.22. The second kappa shape index (κ2) is 8.58. The van der Waals surface area contributed by atoms with Crippen LogP contribution in [-0.2, 0) is 15.0 Å². The molecule has 6 nitrogen and oxygen atoms in total. The lowest BCUT2D eigenvalue weighted by atomic mass is 9.86. The van der Waals surface area contributed by atoms with Crippen molar-refractivity contribution in [1.29, 1.82) is 0 Å². The molecule has 0 atom stereocenters. The molecule has 2 rings (SSSR count). The molecule has 0 radical (unpaired) electrons.